The van der Waals surface area contributed by atoms with Crippen LogP contribution in [0.2, 0.25) is 0 Å². The minimum absolute atomic E-state index is 0.0443. The van der Waals surface area contributed by atoms with Crippen LogP contribution in [0.1, 0.15) is 16.1 Å². The Morgan fingerprint density at radius 2 is 2.00 bits per heavy atom. The normalized spacial score (nSPS) is 10.1. The highest BCUT2D eigenvalue weighted by Crippen LogP contribution is 2.15. The van der Waals surface area contributed by atoms with Crippen LogP contribution in [0.5, 0.6) is 5.75 Å². The Morgan fingerprint density at radius 1 is 1.33 bits per heavy atom. The largest absolute Gasteiger partial charge is 0.508 e. The van der Waals surface area contributed by atoms with Gasteiger partial charge in [0.2, 0.25) is 5.78 Å². The lowest BCUT2D eigenvalue weighted by Crippen LogP contribution is -1.98. The van der Waals surface area contributed by atoms with Gasteiger partial charge in [0.15, 0.2) is 5.76 Å². The number of phenolic OH excluding ortho intramolecular Hbond substituents is 1. The number of carbonyl (C=O) groups excluding carboxylic acids is 1. The van der Waals surface area contributed by atoms with Crippen LogP contribution in [0, 0.1) is 0 Å². The van der Waals surface area contributed by atoms with Crippen molar-refractivity contribution in [1.29, 1.82) is 0 Å². The molecule has 2 rings (SSSR count). The molecule has 15 heavy (non-hydrogen) atoms. The number of hydrogen-bond donors (Lipinski definition) is 2. The van der Waals surface area contributed by atoms with Gasteiger partial charge >= 0.3 is 0 Å². The van der Waals surface area contributed by atoms with Gasteiger partial charge in [0.25, 0.3) is 6.01 Å². The summed E-state index contributed by atoms with van der Waals surface area (Å²) in [6.07, 6.45) is 1.27. The summed E-state index contributed by atoms with van der Waals surface area (Å²) in [7, 11) is 0. The summed E-state index contributed by atoms with van der Waals surface area (Å²) in [4.78, 5) is 15.3. The summed E-state index contributed by atoms with van der Waals surface area (Å²) in [5.74, 6) is -0.138. The molecule has 2 aromatic rings. The summed E-state index contributed by atoms with van der Waals surface area (Å²) in [5.41, 5.74) is 5.66. The van der Waals surface area contributed by atoms with Crippen molar-refractivity contribution in [3.05, 3.63) is 41.8 Å². The highest BCUT2D eigenvalue weighted by Gasteiger charge is 2.13. The Hall–Kier alpha value is -2.30. The van der Waals surface area contributed by atoms with Gasteiger partial charge in [-0.25, -0.2) is 4.98 Å². The molecule has 0 amide bonds. The average Bonchev–Trinajstić information content (AvgIpc) is 2.65. The lowest BCUT2D eigenvalue weighted by Gasteiger charge is -1.96. The Kier molecular flexibility index (Phi) is 2.13. The zero-order chi connectivity index (χ0) is 10.8. The summed E-state index contributed by atoms with van der Waals surface area (Å²) in [5, 5.41) is 9.05. The maximum atomic E-state index is 11.7. The summed E-state index contributed by atoms with van der Waals surface area (Å²) >= 11 is 0. The summed E-state index contributed by atoms with van der Waals surface area (Å²) < 4.78 is 4.88. The van der Waals surface area contributed by atoms with E-state index in [9.17, 15) is 4.79 Å². The number of rotatable bonds is 2. The molecule has 0 aliphatic carbocycles. The Morgan fingerprint density at radius 3 is 2.53 bits per heavy atom. The molecule has 5 heteroatoms. The van der Waals surface area contributed by atoms with Crippen LogP contribution in [0.15, 0.2) is 34.9 Å². The molecule has 0 fully saturated rings. The lowest BCUT2D eigenvalue weighted by atomic mass is 10.1. The number of hydrogen-bond acceptors (Lipinski definition) is 5. The third-order valence-corrected chi connectivity index (χ3v) is 1.88. The van der Waals surface area contributed by atoms with Gasteiger partial charge in [-0.2, -0.15) is 0 Å². The topological polar surface area (TPSA) is 89.3 Å². The minimum atomic E-state index is -0.320. The van der Waals surface area contributed by atoms with Crippen molar-refractivity contribution in [2.45, 2.75) is 0 Å². The molecule has 3 N–H and O–H groups in total. The van der Waals surface area contributed by atoms with E-state index in [0.717, 1.165) is 0 Å². The van der Waals surface area contributed by atoms with Gasteiger partial charge in [0.1, 0.15) is 5.75 Å². The van der Waals surface area contributed by atoms with E-state index in [1.165, 1.54) is 30.5 Å². The van der Waals surface area contributed by atoms with E-state index in [0.29, 0.717) is 5.56 Å². The molecule has 5 nitrogen and oxygen atoms in total. The van der Waals surface area contributed by atoms with Crippen LogP contribution >= 0.6 is 0 Å². The average molecular weight is 204 g/mol. The van der Waals surface area contributed by atoms with Gasteiger partial charge in [-0.3, -0.25) is 4.79 Å². The van der Waals surface area contributed by atoms with Crippen molar-refractivity contribution in [2.24, 2.45) is 0 Å². The molecule has 0 spiro atoms. The molecule has 0 unspecified atom stereocenters. The fourth-order valence-electron chi connectivity index (χ4n) is 1.15. The predicted octanol–water partition coefficient (Wildman–Crippen LogP) is 1.19. The van der Waals surface area contributed by atoms with Crippen LogP contribution in [-0.4, -0.2) is 15.9 Å². The van der Waals surface area contributed by atoms with Gasteiger partial charge < -0.3 is 15.3 Å². The zero-order valence-electron chi connectivity index (χ0n) is 7.68. The van der Waals surface area contributed by atoms with Crippen LogP contribution in [-0.2, 0) is 0 Å². The first-order valence-corrected chi connectivity index (χ1v) is 4.22. The van der Waals surface area contributed by atoms with Crippen LogP contribution in [0.4, 0.5) is 6.01 Å². The number of aromatic hydroxyl groups is 1. The molecule has 0 bridgehead atoms. The summed E-state index contributed by atoms with van der Waals surface area (Å²) in [6, 6.07) is 5.80. The van der Waals surface area contributed by atoms with E-state index >= 15 is 0 Å². The van der Waals surface area contributed by atoms with Crippen molar-refractivity contribution in [2.75, 3.05) is 5.73 Å². The van der Waals surface area contributed by atoms with Crippen molar-refractivity contribution in [1.82, 2.24) is 4.98 Å². The molecule has 1 aromatic heterocycles. The molecule has 0 atom stereocenters. The number of anilines is 1. The van der Waals surface area contributed by atoms with Crippen molar-refractivity contribution in [3.8, 4) is 5.75 Å². The van der Waals surface area contributed by atoms with Gasteiger partial charge in [-0.05, 0) is 24.3 Å². The van der Waals surface area contributed by atoms with Crippen molar-refractivity contribution in [3.63, 3.8) is 0 Å². The molecule has 0 radical (unpaired) electrons. The maximum absolute atomic E-state index is 11.7. The first-order chi connectivity index (χ1) is 7.16. The second kappa shape index (κ2) is 3.45. The minimum Gasteiger partial charge on any atom is -0.508 e. The smallest absolute Gasteiger partial charge is 0.292 e. The Bertz CT molecular complexity index is 488. The lowest BCUT2D eigenvalue weighted by molar-refractivity contribution is 0.101. The molecule has 1 aromatic carbocycles. The van der Waals surface area contributed by atoms with Crippen LogP contribution in [0.3, 0.4) is 0 Å². The van der Waals surface area contributed by atoms with Gasteiger partial charge in [0.05, 0.1) is 6.20 Å². The molecule has 0 aliphatic heterocycles. The first kappa shape index (κ1) is 9.26. The second-order valence-corrected chi connectivity index (χ2v) is 2.94. The van der Waals surface area contributed by atoms with E-state index in [2.05, 4.69) is 4.98 Å². The van der Waals surface area contributed by atoms with E-state index < -0.39 is 0 Å². The molecule has 76 valence electrons. The maximum Gasteiger partial charge on any atom is 0.292 e. The van der Waals surface area contributed by atoms with E-state index in [-0.39, 0.29) is 23.3 Å². The quantitative estimate of drug-likeness (QED) is 0.717. The predicted molar refractivity (Wildman–Crippen MR) is 52.5 cm³/mol. The number of nitrogens with zero attached hydrogens (tertiary/aromatic N) is 1. The van der Waals surface area contributed by atoms with E-state index in [1.54, 1.807) is 0 Å². The number of aromatic nitrogens is 1. The number of nitrogens with two attached hydrogens (primary N) is 1. The Balaban J connectivity index is 2.32. The molecule has 0 saturated heterocycles. The number of oxazole rings is 1. The van der Waals surface area contributed by atoms with E-state index in [4.69, 9.17) is 15.3 Å². The number of ketones is 1. The van der Waals surface area contributed by atoms with Crippen LogP contribution < -0.4 is 5.73 Å². The highest BCUT2D eigenvalue weighted by molar-refractivity contribution is 6.07. The van der Waals surface area contributed by atoms with Gasteiger partial charge in [-0.15, -0.1) is 0 Å². The Labute approximate surface area is 85.2 Å². The monoisotopic (exact) mass is 204 g/mol. The first-order valence-electron chi connectivity index (χ1n) is 4.22. The molecular formula is C10H8N2O3. The number of phenols is 1. The fraction of sp³-hybridized carbons (Fsp3) is 0. The highest BCUT2D eigenvalue weighted by atomic mass is 16.4. The van der Waals surface area contributed by atoms with Gasteiger partial charge in [-0.1, -0.05) is 0 Å². The molecular weight excluding hydrogens is 196 g/mol. The van der Waals surface area contributed by atoms with E-state index in [1.807, 2.05) is 0 Å². The SMILES string of the molecule is Nc1ncc(C(=O)c2ccc(O)cc2)o1. The number of carbonyl (C=O) groups is 1. The second-order valence-electron chi connectivity index (χ2n) is 2.94. The number of nitrogen functional groups attached to an aromatic ring is 1. The van der Waals surface area contributed by atoms with Crippen molar-refractivity contribution >= 4 is 11.8 Å². The molecule has 0 saturated carbocycles. The number of benzene rings is 1. The molecule has 1 heterocycles. The third kappa shape index (κ3) is 1.80. The third-order valence-electron chi connectivity index (χ3n) is 1.88. The standard InChI is InChI=1S/C10H8N2O3/c11-10-12-5-8(15-10)9(14)6-1-3-7(13)4-2-6/h1-5,13H,(H2,11,12). The molecule has 0 aliphatic rings. The fourth-order valence-corrected chi connectivity index (χ4v) is 1.15. The zero-order valence-corrected chi connectivity index (χ0v) is 7.68. The summed E-state index contributed by atoms with van der Waals surface area (Å²) in [6.45, 7) is 0. The van der Waals surface area contributed by atoms with Crippen molar-refractivity contribution < 1.29 is 14.3 Å². The van der Waals surface area contributed by atoms with Crippen LogP contribution in [0.25, 0.3) is 0 Å². The van der Waals surface area contributed by atoms with Gasteiger partial charge in [0, 0.05) is 5.56 Å².